The molecule has 170 valence electrons. The SMILES string of the molecule is CCN(c1cccc(C)c1)S(=O)(=O)c1nnc(NC(=O)CN2C(=O)c3ccccc3C2=O)s1. The first-order valence-corrected chi connectivity index (χ1v) is 12.2. The Labute approximate surface area is 193 Å². The van der Waals surface area contributed by atoms with E-state index in [0.717, 1.165) is 10.5 Å². The molecule has 33 heavy (non-hydrogen) atoms. The van der Waals surface area contributed by atoms with Crippen molar-refractivity contribution >= 4 is 49.9 Å². The lowest BCUT2D eigenvalue weighted by molar-refractivity contribution is -0.116. The standard InChI is InChI=1S/C21H19N5O5S2/c1-3-26(14-8-6-7-13(2)11-14)33(30,31)21-24-23-20(32-21)22-17(27)12-25-18(28)15-9-4-5-10-16(15)19(25)29/h4-11H,3,12H2,1-2H3,(H,22,23,27). The number of carbonyl (C=O) groups is 3. The highest BCUT2D eigenvalue weighted by Gasteiger charge is 2.36. The second-order valence-electron chi connectivity index (χ2n) is 7.17. The Kier molecular flexibility index (Phi) is 5.95. The number of imide groups is 1. The third-order valence-electron chi connectivity index (χ3n) is 4.92. The van der Waals surface area contributed by atoms with E-state index in [0.29, 0.717) is 17.0 Å². The van der Waals surface area contributed by atoms with Gasteiger partial charge in [-0.05, 0) is 43.7 Å². The van der Waals surface area contributed by atoms with Gasteiger partial charge >= 0.3 is 0 Å². The molecule has 4 rings (SSSR count). The van der Waals surface area contributed by atoms with Gasteiger partial charge in [0, 0.05) is 6.54 Å². The Morgan fingerprint density at radius 3 is 2.33 bits per heavy atom. The minimum Gasteiger partial charge on any atom is -0.299 e. The van der Waals surface area contributed by atoms with Crippen LogP contribution >= 0.6 is 11.3 Å². The van der Waals surface area contributed by atoms with E-state index in [4.69, 9.17) is 0 Å². The number of sulfonamides is 1. The quantitative estimate of drug-likeness (QED) is 0.401. The van der Waals surface area contributed by atoms with E-state index in [1.165, 1.54) is 16.4 Å². The Balaban J connectivity index is 1.48. The maximum atomic E-state index is 13.1. The van der Waals surface area contributed by atoms with Gasteiger partial charge in [0.05, 0.1) is 16.8 Å². The molecule has 0 radical (unpaired) electrons. The van der Waals surface area contributed by atoms with E-state index >= 15 is 0 Å². The van der Waals surface area contributed by atoms with Crippen molar-refractivity contribution < 1.29 is 22.8 Å². The lowest BCUT2D eigenvalue weighted by Gasteiger charge is -2.21. The molecular weight excluding hydrogens is 466 g/mol. The van der Waals surface area contributed by atoms with Crippen LogP contribution in [0.25, 0.3) is 0 Å². The number of anilines is 2. The minimum absolute atomic E-state index is 0.0597. The van der Waals surface area contributed by atoms with Gasteiger partial charge < -0.3 is 0 Å². The van der Waals surface area contributed by atoms with Crippen molar-refractivity contribution in [2.75, 3.05) is 22.7 Å². The summed E-state index contributed by atoms with van der Waals surface area (Å²) < 4.78 is 27.1. The van der Waals surface area contributed by atoms with E-state index in [9.17, 15) is 22.8 Å². The molecule has 0 spiro atoms. The number of aryl methyl sites for hydroxylation is 1. The Bertz CT molecular complexity index is 1330. The van der Waals surface area contributed by atoms with Gasteiger partial charge in [-0.25, -0.2) is 0 Å². The molecule has 2 heterocycles. The summed E-state index contributed by atoms with van der Waals surface area (Å²) >= 11 is 0.685. The molecule has 0 saturated heterocycles. The van der Waals surface area contributed by atoms with Crippen LogP contribution in [0.15, 0.2) is 52.9 Å². The zero-order chi connectivity index (χ0) is 23.8. The highest BCUT2D eigenvalue weighted by molar-refractivity contribution is 7.94. The number of nitrogens with zero attached hydrogens (tertiary/aromatic N) is 4. The summed E-state index contributed by atoms with van der Waals surface area (Å²) in [7, 11) is -4.00. The van der Waals surface area contributed by atoms with Crippen LogP contribution in [-0.2, 0) is 14.8 Å². The van der Waals surface area contributed by atoms with Crippen molar-refractivity contribution in [3.05, 3.63) is 65.2 Å². The molecule has 3 amide bonds. The molecule has 10 nitrogen and oxygen atoms in total. The average molecular weight is 486 g/mol. The molecule has 12 heteroatoms. The van der Waals surface area contributed by atoms with Gasteiger partial charge in [0.1, 0.15) is 6.54 Å². The van der Waals surface area contributed by atoms with Crippen LogP contribution in [0.4, 0.5) is 10.8 Å². The van der Waals surface area contributed by atoms with Gasteiger partial charge in [0.2, 0.25) is 11.0 Å². The lowest BCUT2D eigenvalue weighted by atomic mass is 10.1. The van der Waals surface area contributed by atoms with Gasteiger partial charge in [-0.15, -0.1) is 10.2 Å². The fourth-order valence-corrected chi connectivity index (χ4v) is 5.90. The number of nitrogens with one attached hydrogen (secondary N) is 1. The molecule has 0 fully saturated rings. The number of amides is 3. The van der Waals surface area contributed by atoms with Crippen LogP contribution in [0.2, 0.25) is 0 Å². The van der Waals surface area contributed by atoms with E-state index < -0.39 is 34.3 Å². The summed E-state index contributed by atoms with van der Waals surface area (Å²) in [5.41, 5.74) is 1.86. The van der Waals surface area contributed by atoms with Crippen molar-refractivity contribution in [1.82, 2.24) is 15.1 Å². The molecule has 1 N–H and O–H groups in total. The molecule has 2 aromatic carbocycles. The number of benzene rings is 2. The second kappa shape index (κ2) is 8.71. The number of carbonyl (C=O) groups excluding carboxylic acids is 3. The van der Waals surface area contributed by atoms with Crippen molar-refractivity contribution in [2.24, 2.45) is 0 Å². The molecule has 0 atom stereocenters. The van der Waals surface area contributed by atoms with Gasteiger partial charge in [-0.3, -0.25) is 28.9 Å². The zero-order valence-electron chi connectivity index (χ0n) is 17.7. The smallest absolute Gasteiger partial charge is 0.293 e. The summed E-state index contributed by atoms with van der Waals surface area (Å²) in [5.74, 6) is -1.83. The van der Waals surface area contributed by atoms with Crippen LogP contribution in [0.1, 0.15) is 33.2 Å². The highest BCUT2D eigenvalue weighted by Crippen LogP contribution is 2.28. The molecule has 0 aliphatic carbocycles. The fraction of sp³-hybridized carbons (Fsp3) is 0.190. The van der Waals surface area contributed by atoms with Crippen LogP contribution in [0.5, 0.6) is 0 Å². The number of hydrogen-bond acceptors (Lipinski definition) is 8. The summed E-state index contributed by atoms with van der Waals surface area (Å²) in [5, 5.41) is 9.83. The molecule has 0 saturated carbocycles. The first-order chi connectivity index (χ1) is 15.7. The monoisotopic (exact) mass is 485 g/mol. The molecule has 0 unspecified atom stereocenters. The summed E-state index contributed by atoms with van der Waals surface area (Å²) in [6.45, 7) is 3.20. The molecule has 3 aromatic rings. The normalized spacial score (nSPS) is 13.2. The second-order valence-corrected chi connectivity index (χ2v) is 10.2. The van der Waals surface area contributed by atoms with Crippen molar-refractivity contribution in [2.45, 2.75) is 18.2 Å². The maximum absolute atomic E-state index is 13.1. The predicted octanol–water partition coefficient (Wildman–Crippen LogP) is 2.30. The maximum Gasteiger partial charge on any atom is 0.293 e. The predicted molar refractivity (Wildman–Crippen MR) is 122 cm³/mol. The van der Waals surface area contributed by atoms with Crippen molar-refractivity contribution in [3.63, 3.8) is 0 Å². The van der Waals surface area contributed by atoms with E-state index in [-0.39, 0.29) is 27.1 Å². The van der Waals surface area contributed by atoms with Gasteiger partial charge in [-0.1, -0.05) is 35.6 Å². The minimum atomic E-state index is -4.00. The van der Waals surface area contributed by atoms with E-state index in [2.05, 4.69) is 15.5 Å². The van der Waals surface area contributed by atoms with E-state index in [1.807, 2.05) is 13.0 Å². The molecule has 1 aromatic heterocycles. The Morgan fingerprint density at radius 1 is 1.06 bits per heavy atom. The fourth-order valence-electron chi connectivity index (χ4n) is 3.42. The van der Waals surface area contributed by atoms with Crippen LogP contribution in [0.3, 0.4) is 0 Å². The number of fused-ring (bicyclic) bond motifs is 1. The molecule has 1 aliphatic rings. The Morgan fingerprint density at radius 2 is 1.73 bits per heavy atom. The number of rotatable bonds is 7. The summed E-state index contributed by atoms with van der Waals surface area (Å²) in [4.78, 5) is 38.1. The molecule has 0 bridgehead atoms. The topological polar surface area (TPSA) is 130 Å². The zero-order valence-corrected chi connectivity index (χ0v) is 19.3. The van der Waals surface area contributed by atoms with Gasteiger partial charge in [0.15, 0.2) is 0 Å². The molecule has 1 aliphatic heterocycles. The van der Waals surface area contributed by atoms with Gasteiger partial charge in [-0.2, -0.15) is 8.42 Å². The van der Waals surface area contributed by atoms with Crippen LogP contribution < -0.4 is 9.62 Å². The Hall–Kier alpha value is -3.64. The van der Waals surface area contributed by atoms with Crippen LogP contribution in [-0.4, -0.2) is 54.3 Å². The third-order valence-corrected chi connectivity index (χ3v) is 8.01. The lowest BCUT2D eigenvalue weighted by Crippen LogP contribution is -2.37. The van der Waals surface area contributed by atoms with Crippen molar-refractivity contribution in [1.29, 1.82) is 0 Å². The summed E-state index contributed by atoms with van der Waals surface area (Å²) in [6, 6.07) is 13.3. The average Bonchev–Trinajstić information content (AvgIpc) is 3.34. The molecular formula is C21H19N5O5S2. The first kappa shape index (κ1) is 22.6. The highest BCUT2D eigenvalue weighted by atomic mass is 32.2. The first-order valence-electron chi connectivity index (χ1n) is 9.90. The van der Waals surface area contributed by atoms with E-state index in [1.54, 1.807) is 37.3 Å². The number of aromatic nitrogens is 2. The van der Waals surface area contributed by atoms with Gasteiger partial charge in [0.25, 0.3) is 26.2 Å². The summed E-state index contributed by atoms with van der Waals surface area (Å²) in [6.07, 6.45) is 0. The number of hydrogen-bond donors (Lipinski definition) is 1. The largest absolute Gasteiger partial charge is 0.299 e. The van der Waals surface area contributed by atoms with Crippen molar-refractivity contribution in [3.8, 4) is 0 Å². The third kappa shape index (κ3) is 4.22. The van der Waals surface area contributed by atoms with Crippen LogP contribution in [0, 0.1) is 6.92 Å².